The van der Waals surface area contributed by atoms with Crippen molar-refractivity contribution in [3.63, 3.8) is 0 Å². The number of carbonyl (C=O) groups is 3. The van der Waals surface area contributed by atoms with Crippen LogP contribution in [0.5, 0.6) is 0 Å². The molecule has 0 rings (SSSR count). The Morgan fingerprint density at radius 1 is 0.356 bits per heavy atom. The van der Waals surface area contributed by atoms with E-state index >= 15 is 0 Å². The molecule has 1 unspecified atom stereocenters. The van der Waals surface area contributed by atoms with E-state index in [0.717, 1.165) is 89.9 Å². The summed E-state index contributed by atoms with van der Waals surface area (Å²) in [6.45, 7) is 6.31. The predicted octanol–water partition coefficient (Wildman–Crippen LogP) is 15.6. The summed E-state index contributed by atoms with van der Waals surface area (Å²) in [4.78, 5) is 37.8. The summed E-state index contributed by atoms with van der Waals surface area (Å²) in [5, 5.41) is 0. The molecule has 0 aliphatic carbocycles. The van der Waals surface area contributed by atoms with Crippen molar-refractivity contribution in [1.82, 2.24) is 0 Å². The second-order valence-electron chi connectivity index (χ2n) is 15.6. The van der Waals surface area contributed by atoms with Crippen LogP contribution in [-0.4, -0.2) is 37.2 Å². The second-order valence-corrected chi connectivity index (χ2v) is 15.6. The molecule has 1 atom stereocenters. The number of hydrogen-bond donors (Lipinski definition) is 0. The number of carbonyl (C=O) groups excluding carboxylic acids is 3. The predicted molar refractivity (Wildman–Crippen MR) is 251 cm³/mol. The molecule has 6 nitrogen and oxygen atoms in total. The van der Waals surface area contributed by atoms with Crippen LogP contribution < -0.4 is 0 Å². The highest BCUT2D eigenvalue weighted by atomic mass is 16.6. The molecule has 0 fully saturated rings. The first-order chi connectivity index (χ1) is 29.0. The number of allylic oxidation sites excluding steroid dienone is 14. The zero-order valence-electron chi connectivity index (χ0n) is 38.2. The Bertz CT molecular complexity index is 1170. The van der Waals surface area contributed by atoms with Gasteiger partial charge in [0.2, 0.25) is 0 Å². The first-order valence-electron chi connectivity index (χ1n) is 24.1. The highest BCUT2D eigenvalue weighted by Gasteiger charge is 2.19. The molecular weight excluding hydrogens is 733 g/mol. The normalized spacial score (nSPS) is 12.8. The van der Waals surface area contributed by atoms with Crippen LogP contribution in [-0.2, 0) is 28.6 Å². The van der Waals surface area contributed by atoms with Crippen molar-refractivity contribution < 1.29 is 28.6 Å². The Morgan fingerprint density at radius 3 is 1.08 bits per heavy atom. The number of unbranched alkanes of at least 4 members (excludes halogenated alkanes) is 17. The molecule has 0 aliphatic heterocycles. The molecule has 336 valence electrons. The number of hydrogen-bond acceptors (Lipinski definition) is 6. The first kappa shape index (κ1) is 55.6. The van der Waals surface area contributed by atoms with Gasteiger partial charge in [0.15, 0.2) is 6.10 Å². The lowest BCUT2D eigenvalue weighted by atomic mass is 10.1. The summed E-state index contributed by atoms with van der Waals surface area (Å²) in [6, 6.07) is 0. The van der Waals surface area contributed by atoms with Gasteiger partial charge in [-0.05, 0) is 109 Å². The molecule has 0 bridgehead atoms. The Hall–Kier alpha value is -3.41. The van der Waals surface area contributed by atoms with Crippen LogP contribution in [0.2, 0.25) is 0 Å². The van der Waals surface area contributed by atoms with Gasteiger partial charge in [-0.15, -0.1) is 0 Å². The third kappa shape index (κ3) is 45.5. The van der Waals surface area contributed by atoms with Gasteiger partial charge in [-0.3, -0.25) is 14.4 Å². The fourth-order valence-electron chi connectivity index (χ4n) is 6.29. The lowest BCUT2D eigenvalue weighted by molar-refractivity contribution is -0.167. The topological polar surface area (TPSA) is 78.9 Å². The van der Waals surface area contributed by atoms with Gasteiger partial charge in [-0.1, -0.05) is 170 Å². The zero-order chi connectivity index (χ0) is 43.0. The van der Waals surface area contributed by atoms with E-state index in [0.29, 0.717) is 19.3 Å². The molecule has 0 saturated carbocycles. The monoisotopic (exact) mass is 821 g/mol. The molecule has 0 aliphatic rings. The van der Waals surface area contributed by atoms with Gasteiger partial charge >= 0.3 is 17.9 Å². The van der Waals surface area contributed by atoms with E-state index in [2.05, 4.69) is 106 Å². The van der Waals surface area contributed by atoms with Crippen molar-refractivity contribution in [2.24, 2.45) is 0 Å². The molecule has 59 heavy (non-hydrogen) atoms. The molecule has 0 aromatic heterocycles. The van der Waals surface area contributed by atoms with Crippen molar-refractivity contribution in [1.29, 1.82) is 0 Å². The van der Waals surface area contributed by atoms with Crippen LogP contribution in [0.3, 0.4) is 0 Å². The summed E-state index contributed by atoms with van der Waals surface area (Å²) in [7, 11) is 0. The molecule has 0 saturated heterocycles. The number of rotatable bonds is 42. The van der Waals surface area contributed by atoms with Gasteiger partial charge in [0.05, 0.1) is 0 Å². The second kappa shape index (κ2) is 47.3. The highest BCUT2D eigenvalue weighted by Crippen LogP contribution is 2.13. The summed E-state index contributed by atoms with van der Waals surface area (Å²) in [5.74, 6) is -0.998. The van der Waals surface area contributed by atoms with Crippen LogP contribution in [0.15, 0.2) is 85.1 Å². The molecule has 0 aromatic rings. The molecule has 6 heteroatoms. The minimum Gasteiger partial charge on any atom is -0.462 e. The van der Waals surface area contributed by atoms with Crippen molar-refractivity contribution in [2.75, 3.05) is 13.2 Å². The zero-order valence-corrected chi connectivity index (χ0v) is 38.2. The molecule has 0 radical (unpaired) electrons. The number of ether oxygens (including phenoxy) is 3. The largest absolute Gasteiger partial charge is 0.462 e. The minimum atomic E-state index is -0.812. The third-order valence-corrected chi connectivity index (χ3v) is 9.86. The van der Waals surface area contributed by atoms with Gasteiger partial charge in [-0.25, -0.2) is 0 Å². The van der Waals surface area contributed by atoms with Crippen LogP contribution in [0.4, 0.5) is 0 Å². The van der Waals surface area contributed by atoms with E-state index in [1.165, 1.54) is 77.0 Å². The van der Waals surface area contributed by atoms with Crippen LogP contribution in [0.1, 0.15) is 213 Å². The average Bonchev–Trinajstić information content (AvgIpc) is 3.23. The Balaban J connectivity index is 4.45. The first-order valence-corrected chi connectivity index (χ1v) is 24.1. The van der Waals surface area contributed by atoms with Crippen molar-refractivity contribution >= 4 is 17.9 Å². The standard InChI is InChI=1S/C53H88O6/c1-4-7-10-13-16-19-22-25-26-27-28-29-32-34-37-40-43-46-52(55)58-49-50(59-53(56)47-44-41-38-35-31-24-21-18-15-12-9-6-3)48-57-51(54)45-42-39-36-33-30-23-20-17-14-11-8-5-2/h8-9,11-12,17-18,20-21,25-26,30-31,33,35,50H,4-7,10,13-16,19,22-24,27-29,32,34,36-49H2,1-3H3/b11-8-,12-9-,20-17-,21-18-,26-25-,33-30-,35-31-. The fraction of sp³-hybridized carbons (Fsp3) is 0.679. The van der Waals surface area contributed by atoms with E-state index < -0.39 is 6.10 Å². The molecule has 0 spiro atoms. The van der Waals surface area contributed by atoms with E-state index in [-0.39, 0.29) is 37.5 Å². The molecule has 0 aromatic carbocycles. The third-order valence-electron chi connectivity index (χ3n) is 9.86. The molecule has 0 amide bonds. The van der Waals surface area contributed by atoms with E-state index in [1.54, 1.807) is 0 Å². The summed E-state index contributed by atoms with van der Waals surface area (Å²) in [5.41, 5.74) is 0. The van der Waals surface area contributed by atoms with Crippen molar-refractivity contribution in [2.45, 2.75) is 219 Å². The Morgan fingerprint density at radius 2 is 0.661 bits per heavy atom. The summed E-state index contributed by atoms with van der Waals surface area (Å²) in [6.07, 6.45) is 60.1. The maximum Gasteiger partial charge on any atom is 0.306 e. The molecule has 0 N–H and O–H groups in total. The van der Waals surface area contributed by atoms with Crippen molar-refractivity contribution in [3.8, 4) is 0 Å². The van der Waals surface area contributed by atoms with Gasteiger partial charge in [0.1, 0.15) is 13.2 Å². The lowest BCUT2D eigenvalue weighted by Gasteiger charge is -2.18. The quantitative estimate of drug-likeness (QED) is 0.0264. The van der Waals surface area contributed by atoms with Crippen LogP contribution >= 0.6 is 0 Å². The van der Waals surface area contributed by atoms with E-state index in [9.17, 15) is 14.4 Å². The highest BCUT2D eigenvalue weighted by molar-refractivity contribution is 5.71. The maximum atomic E-state index is 12.7. The number of esters is 3. The molecule has 0 heterocycles. The summed E-state index contributed by atoms with van der Waals surface area (Å²) < 4.78 is 16.7. The lowest BCUT2D eigenvalue weighted by Crippen LogP contribution is -2.30. The van der Waals surface area contributed by atoms with Crippen LogP contribution in [0.25, 0.3) is 0 Å². The van der Waals surface area contributed by atoms with E-state index in [4.69, 9.17) is 14.2 Å². The van der Waals surface area contributed by atoms with Gasteiger partial charge in [0, 0.05) is 19.3 Å². The SMILES string of the molecule is CC/C=C\C/C=C\C/C=C\CCCCC(=O)OCC(COC(=O)CCCCCCCCC/C=C\CCCCCCCC)OC(=O)CCCC/C=C\C/C=C\C/C=C\CC. The fourth-order valence-corrected chi connectivity index (χ4v) is 6.29. The van der Waals surface area contributed by atoms with E-state index in [1.807, 2.05) is 0 Å². The average molecular weight is 821 g/mol. The summed E-state index contributed by atoms with van der Waals surface area (Å²) >= 11 is 0. The maximum absolute atomic E-state index is 12.7. The van der Waals surface area contributed by atoms with Gasteiger partial charge in [0.25, 0.3) is 0 Å². The van der Waals surface area contributed by atoms with Crippen molar-refractivity contribution in [3.05, 3.63) is 85.1 Å². The van der Waals surface area contributed by atoms with Gasteiger partial charge < -0.3 is 14.2 Å². The smallest absolute Gasteiger partial charge is 0.306 e. The minimum absolute atomic E-state index is 0.107. The van der Waals surface area contributed by atoms with Crippen LogP contribution in [0, 0.1) is 0 Å². The Kier molecular flexibility index (Phi) is 44.5. The molecular formula is C53H88O6. The van der Waals surface area contributed by atoms with Gasteiger partial charge in [-0.2, -0.15) is 0 Å². The Labute approximate surface area is 363 Å².